The van der Waals surface area contributed by atoms with Crippen molar-refractivity contribution in [2.24, 2.45) is 0 Å². The predicted molar refractivity (Wildman–Crippen MR) is 62.7 cm³/mol. The lowest BCUT2D eigenvalue weighted by Crippen LogP contribution is -2.29. The number of benzene rings is 1. The molecular weight excluding hydrogens is 186 g/mol. The molecule has 1 atom stereocenters. The van der Waals surface area contributed by atoms with Gasteiger partial charge in [-0.15, -0.1) is 6.58 Å². The van der Waals surface area contributed by atoms with Gasteiger partial charge in [-0.25, -0.2) is 0 Å². The van der Waals surface area contributed by atoms with E-state index in [9.17, 15) is 5.21 Å². The zero-order chi connectivity index (χ0) is 11.1. The summed E-state index contributed by atoms with van der Waals surface area (Å²) < 4.78 is 0. The summed E-state index contributed by atoms with van der Waals surface area (Å²) in [5.41, 5.74) is 1.11. The maximum atomic E-state index is 9.86. The van der Waals surface area contributed by atoms with E-state index in [0.29, 0.717) is 6.54 Å². The van der Waals surface area contributed by atoms with Crippen LogP contribution in [0.2, 0.25) is 0 Å². The fourth-order valence-electron chi connectivity index (χ4n) is 1.57. The molecule has 1 aromatic carbocycles. The molecule has 15 heavy (non-hydrogen) atoms. The first kappa shape index (κ1) is 12.0. The molecule has 0 bridgehead atoms. The molecule has 0 radical (unpaired) electrons. The van der Waals surface area contributed by atoms with Crippen LogP contribution in [0.15, 0.2) is 43.0 Å². The SMILES string of the molecule is C=CC(CCC)N(O)Cc1ccccc1. The van der Waals surface area contributed by atoms with Crippen molar-refractivity contribution in [1.29, 1.82) is 0 Å². The molecule has 0 heterocycles. The summed E-state index contributed by atoms with van der Waals surface area (Å²) in [6.07, 6.45) is 3.78. The Balaban J connectivity index is 2.53. The van der Waals surface area contributed by atoms with Gasteiger partial charge in [0.2, 0.25) is 0 Å². The molecule has 0 saturated carbocycles. The maximum Gasteiger partial charge on any atom is 0.0531 e. The van der Waals surface area contributed by atoms with E-state index in [1.165, 1.54) is 5.06 Å². The Labute approximate surface area is 91.8 Å². The summed E-state index contributed by atoms with van der Waals surface area (Å²) in [6, 6.07) is 10.0. The number of rotatable bonds is 6. The van der Waals surface area contributed by atoms with E-state index in [1.807, 2.05) is 30.3 Å². The summed E-state index contributed by atoms with van der Waals surface area (Å²) in [5.74, 6) is 0. The lowest BCUT2D eigenvalue weighted by molar-refractivity contribution is -0.123. The lowest BCUT2D eigenvalue weighted by atomic mass is 10.1. The Morgan fingerprint density at radius 2 is 2.07 bits per heavy atom. The average molecular weight is 205 g/mol. The highest BCUT2D eigenvalue weighted by Crippen LogP contribution is 2.10. The molecule has 0 aliphatic rings. The van der Waals surface area contributed by atoms with Crippen molar-refractivity contribution in [2.75, 3.05) is 0 Å². The topological polar surface area (TPSA) is 23.5 Å². The van der Waals surface area contributed by atoms with Crippen LogP contribution >= 0.6 is 0 Å². The van der Waals surface area contributed by atoms with Crippen molar-refractivity contribution in [3.63, 3.8) is 0 Å². The van der Waals surface area contributed by atoms with E-state index >= 15 is 0 Å². The van der Waals surface area contributed by atoms with Gasteiger partial charge in [-0.2, -0.15) is 5.06 Å². The largest absolute Gasteiger partial charge is 0.313 e. The molecule has 82 valence electrons. The third-order valence-corrected chi connectivity index (χ3v) is 2.43. The molecule has 0 amide bonds. The highest BCUT2D eigenvalue weighted by molar-refractivity contribution is 5.14. The normalized spacial score (nSPS) is 12.7. The van der Waals surface area contributed by atoms with E-state index in [-0.39, 0.29) is 6.04 Å². The lowest BCUT2D eigenvalue weighted by Gasteiger charge is -2.22. The molecule has 2 nitrogen and oxygen atoms in total. The molecule has 0 aliphatic heterocycles. The van der Waals surface area contributed by atoms with Crippen LogP contribution < -0.4 is 0 Å². The first-order chi connectivity index (χ1) is 7.27. The van der Waals surface area contributed by atoms with Crippen LogP contribution in [-0.4, -0.2) is 16.3 Å². The van der Waals surface area contributed by atoms with Crippen molar-refractivity contribution < 1.29 is 5.21 Å². The second-order valence-corrected chi connectivity index (χ2v) is 3.67. The Bertz CT molecular complexity index is 284. The van der Waals surface area contributed by atoms with Gasteiger partial charge < -0.3 is 5.21 Å². The number of hydrogen-bond acceptors (Lipinski definition) is 2. The molecule has 0 spiro atoms. The second-order valence-electron chi connectivity index (χ2n) is 3.67. The van der Waals surface area contributed by atoms with Gasteiger partial charge >= 0.3 is 0 Å². The van der Waals surface area contributed by atoms with Gasteiger partial charge in [0, 0.05) is 6.54 Å². The van der Waals surface area contributed by atoms with Gasteiger partial charge in [0.15, 0.2) is 0 Å². The fourth-order valence-corrected chi connectivity index (χ4v) is 1.57. The molecule has 0 fully saturated rings. The summed E-state index contributed by atoms with van der Waals surface area (Å²) >= 11 is 0. The average Bonchev–Trinajstić information content (AvgIpc) is 2.27. The van der Waals surface area contributed by atoms with Crippen molar-refractivity contribution in [2.45, 2.75) is 32.4 Å². The predicted octanol–water partition coefficient (Wildman–Crippen LogP) is 3.23. The van der Waals surface area contributed by atoms with Crippen molar-refractivity contribution in [3.05, 3.63) is 48.6 Å². The molecule has 1 aromatic rings. The quantitative estimate of drug-likeness (QED) is 0.569. The highest BCUT2D eigenvalue weighted by atomic mass is 16.5. The fraction of sp³-hybridized carbons (Fsp3) is 0.385. The van der Waals surface area contributed by atoms with E-state index in [1.54, 1.807) is 6.08 Å². The summed E-state index contributed by atoms with van der Waals surface area (Å²) in [4.78, 5) is 0. The smallest absolute Gasteiger partial charge is 0.0531 e. The molecular formula is C13H19NO. The van der Waals surface area contributed by atoms with E-state index in [2.05, 4.69) is 13.5 Å². The van der Waals surface area contributed by atoms with Crippen LogP contribution in [0, 0.1) is 0 Å². The van der Waals surface area contributed by atoms with Crippen LogP contribution in [0.3, 0.4) is 0 Å². The molecule has 1 unspecified atom stereocenters. The van der Waals surface area contributed by atoms with Gasteiger partial charge in [-0.3, -0.25) is 0 Å². The third kappa shape index (κ3) is 3.86. The van der Waals surface area contributed by atoms with Crippen LogP contribution in [0.4, 0.5) is 0 Å². The molecule has 2 heteroatoms. The third-order valence-electron chi connectivity index (χ3n) is 2.43. The Morgan fingerprint density at radius 3 is 2.60 bits per heavy atom. The number of hydrogen-bond donors (Lipinski definition) is 1. The highest BCUT2D eigenvalue weighted by Gasteiger charge is 2.11. The summed E-state index contributed by atoms with van der Waals surface area (Å²) in [5, 5.41) is 11.2. The van der Waals surface area contributed by atoms with Crippen LogP contribution in [0.1, 0.15) is 25.3 Å². The van der Waals surface area contributed by atoms with E-state index in [0.717, 1.165) is 18.4 Å². The minimum atomic E-state index is 0.0511. The summed E-state index contributed by atoms with van der Waals surface area (Å²) in [7, 11) is 0. The van der Waals surface area contributed by atoms with Gasteiger partial charge in [0.05, 0.1) is 6.04 Å². The minimum Gasteiger partial charge on any atom is -0.313 e. The molecule has 1 N–H and O–H groups in total. The first-order valence-corrected chi connectivity index (χ1v) is 5.40. The first-order valence-electron chi connectivity index (χ1n) is 5.40. The molecule has 0 saturated heterocycles. The van der Waals surface area contributed by atoms with Crippen molar-refractivity contribution >= 4 is 0 Å². The summed E-state index contributed by atoms with van der Waals surface area (Å²) in [6.45, 7) is 6.40. The van der Waals surface area contributed by atoms with Gasteiger partial charge in [-0.05, 0) is 12.0 Å². The van der Waals surface area contributed by atoms with Crippen molar-refractivity contribution in [1.82, 2.24) is 5.06 Å². The van der Waals surface area contributed by atoms with Crippen molar-refractivity contribution in [3.8, 4) is 0 Å². The standard InChI is InChI=1S/C13H19NO/c1-3-8-13(4-2)14(15)11-12-9-6-5-7-10-12/h4-7,9-10,13,15H,2-3,8,11H2,1H3. The Hall–Kier alpha value is -1.12. The monoisotopic (exact) mass is 205 g/mol. The van der Waals surface area contributed by atoms with Crippen LogP contribution in [0.5, 0.6) is 0 Å². The molecule has 0 aromatic heterocycles. The Morgan fingerprint density at radius 1 is 1.40 bits per heavy atom. The van der Waals surface area contributed by atoms with Gasteiger partial charge in [-0.1, -0.05) is 49.8 Å². The number of nitrogens with zero attached hydrogens (tertiary/aromatic N) is 1. The van der Waals surface area contributed by atoms with Gasteiger partial charge in [0.25, 0.3) is 0 Å². The minimum absolute atomic E-state index is 0.0511. The van der Waals surface area contributed by atoms with Gasteiger partial charge in [0.1, 0.15) is 0 Å². The zero-order valence-corrected chi connectivity index (χ0v) is 9.26. The molecule has 1 rings (SSSR count). The Kier molecular flexibility index (Phi) is 5.08. The molecule has 0 aliphatic carbocycles. The van der Waals surface area contributed by atoms with Crippen LogP contribution in [-0.2, 0) is 6.54 Å². The van der Waals surface area contributed by atoms with Crippen LogP contribution in [0.25, 0.3) is 0 Å². The number of hydroxylamine groups is 2. The zero-order valence-electron chi connectivity index (χ0n) is 9.26. The van der Waals surface area contributed by atoms with E-state index in [4.69, 9.17) is 0 Å². The van der Waals surface area contributed by atoms with E-state index < -0.39 is 0 Å². The second kappa shape index (κ2) is 6.38. The maximum absolute atomic E-state index is 9.86.